The number of ketones is 1. The van der Waals surface area contributed by atoms with Gasteiger partial charge in [0, 0.05) is 17.5 Å². The molecule has 6 heteroatoms. The maximum Gasteiger partial charge on any atom is 0.331 e. The smallest absolute Gasteiger partial charge is 0.331 e. The van der Waals surface area contributed by atoms with Crippen molar-refractivity contribution in [1.82, 2.24) is 0 Å². The average Bonchev–Trinajstić information content (AvgIpc) is 2.82. The standard InChI is InChI=1S/C10H7ClO2.C4H6O3/c11-5-4-8-6-7-2-1-3-9(12)10(7)13-8;1-7-3-2-4(5)6/h1-2,4-6H,3H2;2-3H,1H3,(H,5,6)/b;3-2+. The topological polar surface area (TPSA) is 76.7 Å². The lowest BCUT2D eigenvalue weighted by molar-refractivity contribution is -0.131. The number of hydrogen-bond acceptors (Lipinski definition) is 4. The van der Waals surface area contributed by atoms with E-state index in [1.807, 2.05) is 12.2 Å². The summed E-state index contributed by atoms with van der Waals surface area (Å²) in [6.45, 7) is 0. The first-order chi connectivity index (χ1) is 9.58. The summed E-state index contributed by atoms with van der Waals surface area (Å²) in [4.78, 5) is 20.9. The van der Waals surface area contributed by atoms with Crippen LogP contribution in [0.3, 0.4) is 0 Å². The lowest BCUT2D eigenvalue weighted by atomic mass is 10.1. The molecule has 1 N–H and O–H groups in total. The van der Waals surface area contributed by atoms with Gasteiger partial charge in [0.15, 0.2) is 5.76 Å². The molecular weight excluding hydrogens is 284 g/mol. The van der Waals surface area contributed by atoms with E-state index in [0.717, 1.165) is 17.9 Å². The van der Waals surface area contributed by atoms with Crippen molar-refractivity contribution >= 4 is 35.5 Å². The van der Waals surface area contributed by atoms with Crippen LogP contribution in [0.25, 0.3) is 12.2 Å². The Bertz CT molecular complexity index is 566. The number of fused-ring (bicyclic) bond motifs is 1. The zero-order chi connectivity index (χ0) is 15.0. The number of carbonyl (C=O) groups is 2. The van der Waals surface area contributed by atoms with E-state index in [9.17, 15) is 9.59 Å². The molecule has 0 saturated heterocycles. The third-order valence-corrected chi connectivity index (χ3v) is 2.33. The molecule has 0 radical (unpaired) electrons. The number of carboxylic acid groups (broad SMARTS) is 1. The fraction of sp³-hybridized carbons (Fsp3) is 0.143. The Balaban J connectivity index is 0.000000246. The normalized spacial score (nSPS) is 13.2. The zero-order valence-electron chi connectivity index (χ0n) is 10.7. The summed E-state index contributed by atoms with van der Waals surface area (Å²) in [5.41, 5.74) is 2.19. The SMILES string of the molecule is CO/C=C/C(=O)O.O=C1CC=Cc2cc(C=CCl)oc21. The van der Waals surface area contributed by atoms with E-state index in [4.69, 9.17) is 21.1 Å². The van der Waals surface area contributed by atoms with Gasteiger partial charge >= 0.3 is 5.97 Å². The molecule has 0 spiro atoms. The van der Waals surface area contributed by atoms with Crippen LogP contribution in [-0.4, -0.2) is 24.0 Å². The number of allylic oxidation sites excluding steroid dienone is 1. The Morgan fingerprint density at radius 2 is 2.30 bits per heavy atom. The molecule has 0 bridgehead atoms. The maximum absolute atomic E-state index is 11.3. The van der Waals surface area contributed by atoms with Gasteiger partial charge in [0.25, 0.3) is 0 Å². The fourth-order valence-corrected chi connectivity index (χ4v) is 1.55. The first-order valence-electron chi connectivity index (χ1n) is 5.61. The maximum atomic E-state index is 11.3. The Morgan fingerprint density at radius 1 is 1.55 bits per heavy atom. The van der Waals surface area contributed by atoms with Crippen molar-refractivity contribution in [3.8, 4) is 0 Å². The molecule has 106 valence electrons. The Hall–Kier alpha value is -2.27. The van der Waals surface area contributed by atoms with Gasteiger partial charge in [-0.1, -0.05) is 23.8 Å². The van der Waals surface area contributed by atoms with E-state index in [0.29, 0.717) is 17.9 Å². The molecule has 2 rings (SSSR count). The van der Waals surface area contributed by atoms with Gasteiger partial charge in [0.05, 0.1) is 19.4 Å². The largest absolute Gasteiger partial charge is 0.504 e. The molecule has 1 aromatic rings. The van der Waals surface area contributed by atoms with Crippen LogP contribution >= 0.6 is 11.6 Å². The number of halogens is 1. The first kappa shape index (κ1) is 15.8. The number of ether oxygens (including phenoxy) is 1. The van der Waals surface area contributed by atoms with E-state index in [2.05, 4.69) is 4.74 Å². The van der Waals surface area contributed by atoms with Crippen LogP contribution < -0.4 is 0 Å². The zero-order valence-corrected chi connectivity index (χ0v) is 11.5. The average molecular weight is 297 g/mol. The van der Waals surface area contributed by atoms with Crippen LogP contribution in [0.5, 0.6) is 0 Å². The molecule has 20 heavy (non-hydrogen) atoms. The van der Waals surface area contributed by atoms with Gasteiger partial charge in [-0.2, -0.15) is 0 Å². The minimum atomic E-state index is -0.998. The number of carboxylic acids is 1. The summed E-state index contributed by atoms with van der Waals surface area (Å²) in [5.74, 6) is 0.0701. The van der Waals surface area contributed by atoms with Gasteiger partial charge in [-0.05, 0) is 12.1 Å². The summed E-state index contributed by atoms with van der Waals surface area (Å²) in [7, 11) is 1.39. The van der Waals surface area contributed by atoms with Crippen molar-refractivity contribution < 1.29 is 23.8 Å². The van der Waals surface area contributed by atoms with Crippen LogP contribution in [0, 0.1) is 0 Å². The molecule has 0 aromatic carbocycles. The van der Waals surface area contributed by atoms with E-state index >= 15 is 0 Å². The van der Waals surface area contributed by atoms with E-state index in [-0.39, 0.29) is 5.78 Å². The van der Waals surface area contributed by atoms with Crippen molar-refractivity contribution in [1.29, 1.82) is 0 Å². The number of carbonyl (C=O) groups excluding carboxylic acids is 1. The molecule has 0 saturated carbocycles. The molecule has 5 nitrogen and oxygen atoms in total. The molecular formula is C14H13ClO5. The Kier molecular flexibility index (Phi) is 6.32. The highest BCUT2D eigenvalue weighted by Gasteiger charge is 2.17. The molecule has 0 unspecified atom stereocenters. The highest BCUT2D eigenvalue weighted by Crippen LogP contribution is 2.23. The third kappa shape index (κ3) is 4.78. The minimum Gasteiger partial charge on any atom is -0.504 e. The Morgan fingerprint density at radius 3 is 2.80 bits per heavy atom. The summed E-state index contributed by atoms with van der Waals surface area (Å²) in [5, 5.41) is 7.88. The van der Waals surface area contributed by atoms with E-state index < -0.39 is 5.97 Å². The fourth-order valence-electron chi connectivity index (χ4n) is 1.42. The molecule has 1 heterocycles. The van der Waals surface area contributed by atoms with E-state index in [1.54, 1.807) is 12.1 Å². The van der Waals surface area contributed by atoms with Gasteiger partial charge in [-0.25, -0.2) is 4.79 Å². The second kappa shape index (κ2) is 8.01. The number of rotatable bonds is 3. The van der Waals surface area contributed by atoms with Crippen LogP contribution in [0.15, 0.2) is 34.4 Å². The van der Waals surface area contributed by atoms with Gasteiger partial charge in [-0.3, -0.25) is 4.79 Å². The van der Waals surface area contributed by atoms with Crippen LogP contribution in [0.4, 0.5) is 0 Å². The van der Waals surface area contributed by atoms with Crippen molar-refractivity contribution in [3.05, 3.63) is 47.1 Å². The molecule has 1 aliphatic rings. The summed E-state index contributed by atoms with van der Waals surface area (Å²) < 4.78 is 9.58. The van der Waals surface area contributed by atoms with Crippen molar-refractivity contribution in [2.24, 2.45) is 0 Å². The van der Waals surface area contributed by atoms with E-state index in [1.165, 1.54) is 12.6 Å². The number of hydrogen-bond donors (Lipinski definition) is 1. The summed E-state index contributed by atoms with van der Waals surface area (Å²) in [6, 6.07) is 1.79. The summed E-state index contributed by atoms with van der Waals surface area (Å²) >= 11 is 5.39. The molecule has 0 amide bonds. The first-order valence-corrected chi connectivity index (χ1v) is 6.04. The van der Waals surface area contributed by atoms with Gasteiger partial charge in [0.2, 0.25) is 5.78 Å². The van der Waals surface area contributed by atoms with Gasteiger partial charge in [-0.15, -0.1) is 0 Å². The number of Topliss-reactive ketones (excluding diaryl/α,β-unsaturated/α-hetero) is 1. The van der Waals surface area contributed by atoms with Crippen LogP contribution in [0.2, 0.25) is 0 Å². The quantitative estimate of drug-likeness (QED) is 0.684. The van der Waals surface area contributed by atoms with Gasteiger partial charge < -0.3 is 14.3 Å². The van der Waals surface area contributed by atoms with Crippen LogP contribution in [0.1, 0.15) is 28.3 Å². The minimum absolute atomic E-state index is 0.0201. The monoisotopic (exact) mass is 296 g/mol. The predicted octanol–water partition coefficient (Wildman–Crippen LogP) is 3.32. The second-order valence-electron chi connectivity index (χ2n) is 3.63. The second-order valence-corrected chi connectivity index (χ2v) is 3.88. The lowest BCUT2D eigenvalue weighted by Crippen LogP contribution is -2.00. The highest BCUT2D eigenvalue weighted by atomic mass is 35.5. The molecule has 1 aliphatic carbocycles. The van der Waals surface area contributed by atoms with Crippen LogP contribution in [-0.2, 0) is 9.53 Å². The number of methoxy groups -OCH3 is 1. The molecule has 0 aliphatic heterocycles. The van der Waals surface area contributed by atoms with Crippen molar-refractivity contribution in [2.45, 2.75) is 6.42 Å². The molecule has 0 atom stereocenters. The van der Waals surface area contributed by atoms with Gasteiger partial charge in [0.1, 0.15) is 5.76 Å². The predicted molar refractivity (Wildman–Crippen MR) is 75.4 cm³/mol. The molecule has 0 fully saturated rings. The lowest BCUT2D eigenvalue weighted by Gasteiger charge is -1.99. The summed E-state index contributed by atoms with van der Waals surface area (Å²) in [6.07, 6.45) is 7.76. The van der Waals surface area contributed by atoms with Crippen molar-refractivity contribution in [3.63, 3.8) is 0 Å². The number of furan rings is 1. The molecule has 1 aromatic heterocycles. The highest BCUT2D eigenvalue weighted by molar-refractivity contribution is 6.27. The number of aliphatic carboxylic acids is 1. The third-order valence-electron chi connectivity index (χ3n) is 2.21. The Labute approximate surface area is 120 Å². The van der Waals surface area contributed by atoms with Crippen molar-refractivity contribution in [2.75, 3.05) is 7.11 Å².